The van der Waals surface area contributed by atoms with E-state index in [0.29, 0.717) is 22.2 Å². The van der Waals surface area contributed by atoms with Gasteiger partial charge in [-0.2, -0.15) is 0 Å². The van der Waals surface area contributed by atoms with Crippen LogP contribution in [0.15, 0.2) is 18.2 Å². The van der Waals surface area contributed by atoms with Gasteiger partial charge in [-0.15, -0.1) is 0 Å². The molecule has 1 aromatic carbocycles. The zero-order chi connectivity index (χ0) is 10.8. The van der Waals surface area contributed by atoms with Crippen LogP contribution in [0.25, 0.3) is 0 Å². The summed E-state index contributed by atoms with van der Waals surface area (Å²) in [4.78, 5) is 11.6. The third-order valence-electron chi connectivity index (χ3n) is 2.07. The van der Waals surface area contributed by atoms with Crippen molar-refractivity contribution in [2.45, 2.75) is 6.10 Å². The highest BCUT2D eigenvalue weighted by Crippen LogP contribution is 2.22. The third-order valence-corrected chi connectivity index (χ3v) is 2.81. The van der Waals surface area contributed by atoms with Crippen LogP contribution >= 0.6 is 23.2 Å². The van der Waals surface area contributed by atoms with Crippen LogP contribution in [-0.2, 0) is 4.74 Å². The smallest absolute Gasteiger partial charge is 0.251 e. The summed E-state index contributed by atoms with van der Waals surface area (Å²) < 4.78 is 4.98. The summed E-state index contributed by atoms with van der Waals surface area (Å²) in [6, 6.07) is 4.79. The summed E-state index contributed by atoms with van der Waals surface area (Å²) in [5.74, 6) is -0.163. The second kappa shape index (κ2) is 4.39. The number of ether oxygens (including phenoxy) is 1. The Morgan fingerprint density at radius 3 is 2.80 bits per heavy atom. The van der Waals surface area contributed by atoms with Gasteiger partial charge in [-0.3, -0.25) is 4.79 Å². The molecule has 1 fully saturated rings. The van der Waals surface area contributed by atoms with Crippen molar-refractivity contribution in [1.82, 2.24) is 5.32 Å². The first-order valence-corrected chi connectivity index (χ1v) is 5.27. The molecule has 2 rings (SSSR count). The molecule has 5 heteroatoms. The van der Waals surface area contributed by atoms with Crippen LogP contribution in [0.4, 0.5) is 0 Å². The number of amides is 1. The van der Waals surface area contributed by atoms with Gasteiger partial charge in [-0.1, -0.05) is 23.2 Å². The van der Waals surface area contributed by atoms with E-state index >= 15 is 0 Å². The van der Waals surface area contributed by atoms with E-state index in [1.807, 2.05) is 0 Å². The Hall–Kier alpha value is -0.770. The predicted octanol–water partition coefficient (Wildman–Crippen LogP) is 2.12. The Bertz CT molecular complexity index is 391. The van der Waals surface area contributed by atoms with Crippen molar-refractivity contribution in [3.8, 4) is 0 Å². The minimum atomic E-state index is -0.163. The average Bonchev–Trinajstić information content (AvgIpc) is 3.02. The first kappa shape index (κ1) is 10.7. The zero-order valence-corrected chi connectivity index (χ0v) is 9.31. The van der Waals surface area contributed by atoms with Gasteiger partial charge in [0.15, 0.2) is 0 Å². The molecule has 0 aliphatic carbocycles. The summed E-state index contributed by atoms with van der Waals surface area (Å²) in [5, 5.41) is 3.57. The Morgan fingerprint density at radius 2 is 2.20 bits per heavy atom. The second-order valence-electron chi connectivity index (χ2n) is 3.29. The van der Waals surface area contributed by atoms with Gasteiger partial charge < -0.3 is 10.1 Å². The molecule has 0 radical (unpaired) electrons. The van der Waals surface area contributed by atoms with Gasteiger partial charge in [-0.05, 0) is 18.2 Å². The van der Waals surface area contributed by atoms with Crippen molar-refractivity contribution in [3.05, 3.63) is 33.8 Å². The molecular weight excluding hydrogens is 237 g/mol. The predicted molar refractivity (Wildman–Crippen MR) is 58.5 cm³/mol. The molecule has 1 saturated heterocycles. The largest absolute Gasteiger partial charge is 0.371 e. The van der Waals surface area contributed by atoms with E-state index < -0.39 is 0 Å². The van der Waals surface area contributed by atoms with Crippen molar-refractivity contribution >= 4 is 29.1 Å². The van der Waals surface area contributed by atoms with E-state index in [9.17, 15) is 4.79 Å². The van der Waals surface area contributed by atoms with E-state index in [4.69, 9.17) is 27.9 Å². The number of epoxide rings is 1. The van der Waals surface area contributed by atoms with Crippen LogP contribution in [0.3, 0.4) is 0 Å². The van der Waals surface area contributed by atoms with Crippen molar-refractivity contribution in [3.63, 3.8) is 0 Å². The van der Waals surface area contributed by atoms with Gasteiger partial charge in [0.05, 0.1) is 22.8 Å². The zero-order valence-electron chi connectivity index (χ0n) is 7.80. The number of carbonyl (C=O) groups excluding carboxylic acids is 1. The Balaban J connectivity index is 2.00. The van der Waals surface area contributed by atoms with E-state index in [1.54, 1.807) is 18.2 Å². The number of hydrogen-bond acceptors (Lipinski definition) is 2. The summed E-state index contributed by atoms with van der Waals surface area (Å²) in [6.45, 7) is 1.26. The van der Waals surface area contributed by atoms with Crippen molar-refractivity contribution < 1.29 is 9.53 Å². The molecule has 0 saturated carbocycles. The normalized spacial score (nSPS) is 18.7. The molecule has 1 aliphatic heterocycles. The van der Waals surface area contributed by atoms with Crippen LogP contribution in [0, 0.1) is 0 Å². The minimum Gasteiger partial charge on any atom is -0.371 e. The second-order valence-corrected chi connectivity index (χ2v) is 4.11. The SMILES string of the molecule is O=C(NCC1CO1)c1ccc(Cl)c(Cl)c1. The number of halogens is 2. The molecule has 3 nitrogen and oxygen atoms in total. The molecule has 1 atom stereocenters. The minimum absolute atomic E-state index is 0.163. The van der Waals surface area contributed by atoms with Gasteiger partial charge in [0.2, 0.25) is 0 Å². The van der Waals surface area contributed by atoms with Gasteiger partial charge in [0, 0.05) is 12.1 Å². The molecule has 80 valence electrons. The lowest BCUT2D eigenvalue weighted by Crippen LogP contribution is -2.27. The van der Waals surface area contributed by atoms with Crippen LogP contribution in [0.5, 0.6) is 0 Å². The first-order valence-electron chi connectivity index (χ1n) is 4.51. The fourth-order valence-corrected chi connectivity index (χ4v) is 1.43. The fraction of sp³-hybridized carbons (Fsp3) is 0.300. The topological polar surface area (TPSA) is 41.6 Å². The van der Waals surface area contributed by atoms with E-state index in [0.717, 1.165) is 6.61 Å². The molecule has 1 aliphatic rings. The lowest BCUT2D eigenvalue weighted by Gasteiger charge is -2.04. The number of carbonyl (C=O) groups is 1. The molecule has 1 aromatic rings. The number of hydrogen-bond donors (Lipinski definition) is 1. The number of rotatable bonds is 3. The van der Waals surface area contributed by atoms with E-state index in [2.05, 4.69) is 5.32 Å². The molecule has 1 amide bonds. The van der Waals surface area contributed by atoms with Crippen molar-refractivity contribution in [2.75, 3.05) is 13.2 Å². The highest BCUT2D eigenvalue weighted by Gasteiger charge is 2.22. The van der Waals surface area contributed by atoms with Crippen molar-refractivity contribution in [2.24, 2.45) is 0 Å². The van der Waals surface area contributed by atoms with Gasteiger partial charge >= 0.3 is 0 Å². The summed E-state index contributed by atoms with van der Waals surface area (Å²) in [7, 11) is 0. The summed E-state index contributed by atoms with van der Waals surface area (Å²) in [6.07, 6.45) is 0.178. The lowest BCUT2D eigenvalue weighted by atomic mass is 10.2. The van der Waals surface area contributed by atoms with Gasteiger partial charge in [0.1, 0.15) is 0 Å². The molecule has 0 aromatic heterocycles. The van der Waals surface area contributed by atoms with Gasteiger partial charge in [0.25, 0.3) is 5.91 Å². The molecule has 0 spiro atoms. The van der Waals surface area contributed by atoms with E-state index in [1.165, 1.54) is 0 Å². The van der Waals surface area contributed by atoms with E-state index in [-0.39, 0.29) is 12.0 Å². The highest BCUT2D eigenvalue weighted by molar-refractivity contribution is 6.42. The Kier molecular flexibility index (Phi) is 3.14. The number of nitrogens with one attached hydrogen (secondary N) is 1. The quantitative estimate of drug-likeness (QED) is 0.830. The standard InChI is InChI=1S/C10H9Cl2NO2/c11-8-2-1-6(3-9(8)12)10(14)13-4-7-5-15-7/h1-3,7H,4-5H2,(H,13,14). The molecule has 1 heterocycles. The average molecular weight is 246 g/mol. The monoisotopic (exact) mass is 245 g/mol. The fourth-order valence-electron chi connectivity index (χ4n) is 1.13. The molecule has 15 heavy (non-hydrogen) atoms. The maximum absolute atomic E-state index is 11.6. The maximum Gasteiger partial charge on any atom is 0.251 e. The lowest BCUT2D eigenvalue weighted by molar-refractivity contribution is 0.0950. The Morgan fingerprint density at radius 1 is 1.47 bits per heavy atom. The number of benzene rings is 1. The molecule has 1 N–H and O–H groups in total. The highest BCUT2D eigenvalue weighted by atomic mass is 35.5. The third kappa shape index (κ3) is 2.84. The van der Waals surface area contributed by atoms with Crippen LogP contribution in [0.1, 0.15) is 10.4 Å². The van der Waals surface area contributed by atoms with Crippen molar-refractivity contribution in [1.29, 1.82) is 0 Å². The van der Waals surface area contributed by atoms with Gasteiger partial charge in [-0.25, -0.2) is 0 Å². The summed E-state index contributed by atoms with van der Waals surface area (Å²) in [5.41, 5.74) is 0.505. The maximum atomic E-state index is 11.6. The molecule has 0 bridgehead atoms. The molecule has 1 unspecified atom stereocenters. The first-order chi connectivity index (χ1) is 7.16. The molecular formula is C10H9Cl2NO2. The van der Waals surface area contributed by atoms with Crippen LogP contribution in [0.2, 0.25) is 10.0 Å². The Labute approximate surface area is 97.3 Å². The van der Waals surface area contributed by atoms with Crippen LogP contribution < -0.4 is 5.32 Å². The summed E-state index contributed by atoms with van der Waals surface area (Å²) >= 11 is 11.5. The van der Waals surface area contributed by atoms with Crippen LogP contribution in [-0.4, -0.2) is 25.2 Å².